The molecule has 0 aromatic heterocycles. The van der Waals surface area contributed by atoms with E-state index in [1.54, 1.807) is 0 Å². The normalized spacial score (nSPS) is 26.5. The van der Waals surface area contributed by atoms with Crippen molar-refractivity contribution in [3.8, 4) is 0 Å². The highest BCUT2D eigenvalue weighted by Gasteiger charge is 2.22. The van der Waals surface area contributed by atoms with Crippen LogP contribution < -0.4 is 0 Å². The Morgan fingerprint density at radius 3 is 2.92 bits per heavy atom. The summed E-state index contributed by atoms with van der Waals surface area (Å²) in [5, 5.41) is 18.2. The van der Waals surface area contributed by atoms with Crippen molar-refractivity contribution in [2.24, 2.45) is 5.92 Å². The van der Waals surface area contributed by atoms with E-state index in [-0.39, 0.29) is 6.10 Å². The van der Waals surface area contributed by atoms with Crippen molar-refractivity contribution in [3.63, 3.8) is 0 Å². The van der Waals surface area contributed by atoms with Gasteiger partial charge in [0.25, 0.3) is 0 Å². The number of likely N-dealkylation sites (tertiary alicyclic amines) is 1. The average molecular weight is 187 g/mol. The van der Waals surface area contributed by atoms with Gasteiger partial charge in [0, 0.05) is 19.7 Å². The molecule has 1 heterocycles. The number of hydrogen-bond acceptors (Lipinski definition) is 3. The SMILES string of the molecule is CCC(O)CN1CCC(CCO)C1. The van der Waals surface area contributed by atoms with Gasteiger partial charge in [-0.1, -0.05) is 6.92 Å². The summed E-state index contributed by atoms with van der Waals surface area (Å²) < 4.78 is 0. The van der Waals surface area contributed by atoms with Gasteiger partial charge in [-0.2, -0.15) is 0 Å². The smallest absolute Gasteiger partial charge is 0.0664 e. The van der Waals surface area contributed by atoms with Gasteiger partial charge in [0.05, 0.1) is 6.10 Å². The minimum Gasteiger partial charge on any atom is -0.396 e. The Morgan fingerprint density at radius 1 is 1.54 bits per heavy atom. The van der Waals surface area contributed by atoms with Crippen LogP contribution in [0.25, 0.3) is 0 Å². The molecule has 0 aromatic carbocycles. The summed E-state index contributed by atoms with van der Waals surface area (Å²) >= 11 is 0. The molecule has 1 fully saturated rings. The summed E-state index contributed by atoms with van der Waals surface area (Å²) in [6.07, 6.45) is 2.75. The van der Waals surface area contributed by atoms with Gasteiger partial charge in [0.15, 0.2) is 0 Å². The minimum atomic E-state index is -0.173. The van der Waals surface area contributed by atoms with E-state index in [9.17, 15) is 5.11 Å². The predicted molar refractivity (Wildman–Crippen MR) is 52.5 cm³/mol. The van der Waals surface area contributed by atoms with Gasteiger partial charge in [-0.15, -0.1) is 0 Å². The number of nitrogens with zero attached hydrogens (tertiary/aromatic N) is 1. The molecule has 2 N–H and O–H groups in total. The highest BCUT2D eigenvalue weighted by molar-refractivity contribution is 4.76. The number of β-amino-alcohol motifs (C(OH)–C–C–N with tert-alkyl or cyclic N) is 1. The largest absolute Gasteiger partial charge is 0.396 e. The third-order valence-electron chi connectivity index (χ3n) is 2.85. The van der Waals surface area contributed by atoms with Crippen LogP contribution in [0, 0.1) is 5.92 Å². The van der Waals surface area contributed by atoms with E-state index < -0.39 is 0 Å². The summed E-state index contributed by atoms with van der Waals surface area (Å²) in [7, 11) is 0. The summed E-state index contributed by atoms with van der Waals surface area (Å²) in [4.78, 5) is 2.30. The van der Waals surface area contributed by atoms with E-state index in [1.165, 1.54) is 6.42 Å². The highest BCUT2D eigenvalue weighted by Crippen LogP contribution is 2.19. The molecule has 0 bridgehead atoms. The predicted octanol–water partition coefficient (Wildman–Crippen LogP) is 0.462. The van der Waals surface area contributed by atoms with Crippen molar-refractivity contribution in [1.29, 1.82) is 0 Å². The maximum atomic E-state index is 9.44. The zero-order valence-corrected chi connectivity index (χ0v) is 8.45. The molecule has 13 heavy (non-hydrogen) atoms. The molecule has 1 saturated heterocycles. The molecule has 3 nitrogen and oxygen atoms in total. The monoisotopic (exact) mass is 187 g/mol. The van der Waals surface area contributed by atoms with Gasteiger partial charge < -0.3 is 15.1 Å². The lowest BCUT2D eigenvalue weighted by molar-refractivity contribution is 0.119. The van der Waals surface area contributed by atoms with Crippen LogP contribution in [0.3, 0.4) is 0 Å². The van der Waals surface area contributed by atoms with Crippen molar-refractivity contribution in [2.45, 2.75) is 32.3 Å². The van der Waals surface area contributed by atoms with Gasteiger partial charge in [-0.05, 0) is 31.7 Å². The fourth-order valence-corrected chi connectivity index (χ4v) is 1.92. The van der Waals surface area contributed by atoms with E-state index in [1.807, 2.05) is 6.92 Å². The number of aliphatic hydroxyl groups excluding tert-OH is 2. The fraction of sp³-hybridized carbons (Fsp3) is 1.00. The molecule has 1 rings (SSSR count). The van der Waals surface area contributed by atoms with Gasteiger partial charge in [-0.3, -0.25) is 0 Å². The average Bonchev–Trinajstić information content (AvgIpc) is 2.53. The van der Waals surface area contributed by atoms with E-state index in [0.717, 1.165) is 32.5 Å². The summed E-state index contributed by atoms with van der Waals surface area (Å²) in [5.74, 6) is 0.647. The second kappa shape index (κ2) is 5.58. The van der Waals surface area contributed by atoms with Crippen molar-refractivity contribution >= 4 is 0 Å². The molecule has 1 aliphatic rings. The molecule has 0 radical (unpaired) electrons. The lowest BCUT2D eigenvalue weighted by atomic mass is 10.1. The molecule has 0 aromatic rings. The zero-order chi connectivity index (χ0) is 9.68. The van der Waals surface area contributed by atoms with Crippen LogP contribution in [0.1, 0.15) is 26.2 Å². The third kappa shape index (κ3) is 3.63. The van der Waals surface area contributed by atoms with Gasteiger partial charge in [-0.25, -0.2) is 0 Å². The molecule has 2 unspecified atom stereocenters. The first-order valence-corrected chi connectivity index (χ1v) is 5.27. The Bertz CT molecular complexity index is 141. The Morgan fingerprint density at radius 2 is 2.31 bits per heavy atom. The Balaban J connectivity index is 2.17. The molecule has 0 amide bonds. The Hall–Kier alpha value is -0.120. The zero-order valence-electron chi connectivity index (χ0n) is 8.45. The third-order valence-corrected chi connectivity index (χ3v) is 2.85. The maximum absolute atomic E-state index is 9.44. The van der Waals surface area contributed by atoms with Gasteiger partial charge in [0.2, 0.25) is 0 Å². The van der Waals surface area contributed by atoms with Crippen LogP contribution in [0.2, 0.25) is 0 Å². The van der Waals surface area contributed by atoms with E-state index >= 15 is 0 Å². The Labute approximate surface area is 80.4 Å². The van der Waals surface area contributed by atoms with Crippen LogP contribution in [0.15, 0.2) is 0 Å². The Kier molecular flexibility index (Phi) is 4.70. The summed E-state index contributed by atoms with van der Waals surface area (Å²) in [6.45, 7) is 5.25. The molecular weight excluding hydrogens is 166 g/mol. The fourth-order valence-electron chi connectivity index (χ4n) is 1.92. The first-order chi connectivity index (χ1) is 6.26. The standard InChI is InChI=1S/C10H21NO2/c1-2-10(13)8-11-5-3-9(7-11)4-6-12/h9-10,12-13H,2-8H2,1H3. The second-order valence-electron chi connectivity index (χ2n) is 3.99. The van der Waals surface area contributed by atoms with Crippen molar-refractivity contribution in [1.82, 2.24) is 4.90 Å². The molecule has 3 heteroatoms. The minimum absolute atomic E-state index is 0.173. The van der Waals surface area contributed by atoms with Crippen LogP contribution in [0.5, 0.6) is 0 Å². The molecule has 2 atom stereocenters. The van der Waals surface area contributed by atoms with Gasteiger partial charge in [0.1, 0.15) is 0 Å². The number of aliphatic hydroxyl groups is 2. The number of hydrogen-bond donors (Lipinski definition) is 2. The first-order valence-electron chi connectivity index (χ1n) is 5.27. The van der Waals surface area contributed by atoms with Crippen LogP contribution in [-0.2, 0) is 0 Å². The highest BCUT2D eigenvalue weighted by atomic mass is 16.3. The van der Waals surface area contributed by atoms with Crippen LogP contribution >= 0.6 is 0 Å². The summed E-state index contributed by atoms with van der Waals surface area (Å²) in [6, 6.07) is 0. The quantitative estimate of drug-likeness (QED) is 0.657. The molecule has 0 saturated carbocycles. The lowest BCUT2D eigenvalue weighted by Gasteiger charge is -2.18. The van der Waals surface area contributed by atoms with Crippen molar-refractivity contribution in [2.75, 3.05) is 26.2 Å². The van der Waals surface area contributed by atoms with Crippen LogP contribution in [-0.4, -0.2) is 47.5 Å². The second-order valence-corrected chi connectivity index (χ2v) is 3.99. The molecule has 0 aliphatic carbocycles. The molecular formula is C10H21NO2. The van der Waals surface area contributed by atoms with E-state index in [4.69, 9.17) is 5.11 Å². The first kappa shape index (κ1) is 11.0. The number of rotatable bonds is 5. The maximum Gasteiger partial charge on any atom is 0.0664 e. The summed E-state index contributed by atoms with van der Waals surface area (Å²) in [5.41, 5.74) is 0. The van der Waals surface area contributed by atoms with Crippen molar-refractivity contribution < 1.29 is 10.2 Å². The van der Waals surface area contributed by atoms with E-state index in [0.29, 0.717) is 12.5 Å². The molecule has 0 spiro atoms. The van der Waals surface area contributed by atoms with Gasteiger partial charge >= 0.3 is 0 Å². The van der Waals surface area contributed by atoms with Crippen LogP contribution in [0.4, 0.5) is 0 Å². The molecule has 1 aliphatic heterocycles. The molecule has 78 valence electrons. The van der Waals surface area contributed by atoms with Crippen molar-refractivity contribution in [3.05, 3.63) is 0 Å². The topological polar surface area (TPSA) is 43.7 Å². The lowest BCUT2D eigenvalue weighted by Crippen LogP contribution is -2.30. The van der Waals surface area contributed by atoms with E-state index in [2.05, 4.69) is 4.90 Å².